The van der Waals surface area contributed by atoms with Crippen molar-refractivity contribution in [2.24, 2.45) is 0 Å². The highest BCUT2D eigenvalue weighted by Gasteiger charge is 2.21. The molecule has 0 bridgehead atoms. The fourth-order valence-corrected chi connectivity index (χ4v) is 4.02. The molecule has 0 spiro atoms. The number of carboxylic acid groups (broad SMARTS) is 1. The van der Waals surface area contributed by atoms with Gasteiger partial charge in [-0.05, 0) is 52.6 Å². The molecule has 4 aromatic carbocycles. The Kier molecular flexibility index (Phi) is 7.48. The van der Waals surface area contributed by atoms with E-state index in [1.54, 1.807) is 49.6 Å². The van der Waals surface area contributed by atoms with E-state index in [1.165, 1.54) is 0 Å². The van der Waals surface area contributed by atoms with E-state index in [9.17, 15) is 14.7 Å². The van der Waals surface area contributed by atoms with E-state index >= 15 is 0 Å². The topological polar surface area (TPSA) is 75.6 Å². The summed E-state index contributed by atoms with van der Waals surface area (Å²) >= 11 is 6.12. The van der Waals surface area contributed by atoms with Gasteiger partial charge in [-0.2, -0.15) is 0 Å². The Balaban J connectivity index is 1.45. The number of carboxylic acids is 1. The van der Waals surface area contributed by atoms with Crippen molar-refractivity contribution in [3.63, 3.8) is 0 Å². The molecule has 1 amide bonds. The normalized spacial score (nSPS) is 11.5. The minimum atomic E-state index is -1.09. The minimum Gasteiger partial charge on any atom is -0.496 e. The molecule has 0 saturated carbocycles. The monoisotopic (exact) mass is 485 g/mol. The zero-order valence-corrected chi connectivity index (χ0v) is 19.8. The van der Waals surface area contributed by atoms with Crippen LogP contribution >= 0.6 is 11.6 Å². The summed E-state index contributed by atoms with van der Waals surface area (Å²) in [4.78, 5) is 24.7. The lowest BCUT2D eigenvalue weighted by Gasteiger charge is -2.15. The molecule has 6 heteroatoms. The fraction of sp³-hybridized carbons (Fsp3) is 0.103. The quantitative estimate of drug-likeness (QED) is 0.316. The molecule has 176 valence electrons. The van der Waals surface area contributed by atoms with Crippen LogP contribution in [0.3, 0.4) is 0 Å². The molecule has 5 nitrogen and oxygen atoms in total. The largest absolute Gasteiger partial charge is 0.496 e. The van der Waals surface area contributed by atoms with E-state index in [-0.39, 0.29) is 6.42 Å². The summed E-state index contributed by atoms with van der Waals surface area (Å²) < 4.78 is 5.40. The maximum Gasteiger partial charge on any atom is 0.326 e. The predicted octanol–water partition coefficient (Wildman–Crippen LogP) is 6.11. The van der Waals surface area contributed by atoms with Gasteiger partial charge in [-0.3, -0.25) is 4.79 Å². The number of benzene rings is 4. The van der Waals surface area contributed by atoms with Crippen LogP contribution in [-0.4, -0.2) is 30.1 Å². The third kappa shape index (κ3) is 5.89. The highest BCUT2D eigenvalue weighted by atomic mass is 35.5. The summed E-state index contributed by atoms with van der Waals surface area (Å²) in [5, 5.41) is 12.9. The lowest BCUT2D eigenvalue weighted by Crippen LogP contribution is -2.42. The Morgan fingerprint density at radius 2 is 1.49 bits per heavy atom. The number of halogens is 1. The van der Waals surface area contributed by atoms with Gasteiger partial charge >= 0.3 is 5.97 Å². The number of carbonyl (C=O) groups excluding carboxylic acids is 1. The number of aliphatic carboxylic acids is 1. The number of ether oxygens (including phenoxy) is 1. The molecule has 0 fully saturated rings. The molecular formula is C29H24ClNO4. The van der Waals surface area contributed by atoms with Crippen LogP contribution in [0, 0.1) is 0 Å². The Morgan fingerprint density at radius 3 is 2.11 bits per heavy atom. The van der Waals surface area contributed by atoms with Crippen molar-refractivity contribution in [2.45, 2.75) is 12.5 Å². The summed E-state index contributed by atoms with van der Waals surface area (Å²) in [6.07, 6.45) is 0.175. The average molecular weight is 486 g/mol. The standard InChI is InChI=1S/C29H24ClNO4/c1-35-27-16-15-24(30)18-25(27)22-11-13-23(14-12-22)28(32)31-26(29(33)34)17-19-7-9-21(10-8-19)20-5-3-2-4-6-20/h2-16,18,26H,17H2,1H3,(H,31,32)(H,33,34)/t26-/m0/s1. The van der Waals surface area contributed by atoms with Gasteiger partial charge in [0.1, 0.15) is 11.8 Å². The van der Waals surface area contributed by atoms with E-state index in [0.717, 1.165) is 27.8 Å². The summed E-state index contributed by atoms with van der Waals surface area (Å²) in [5.41, 5.74) is 4.94. The summed E-state index contributed by atoms with van der Waals surface area (Å²) in [5.74, 6) is -0.885. The average Bonchev–Trinajstić information content (AvgIpc) is 2.89. The van der Waals surface area contributed by atoms with Gasteiger partial charge < -0.3 is 15.2 Å². The SMILES string of the molecule is COc1ccc(Cl)cc1-c1ccc(C(=O)N[C@@H](Cc2ccc(-c3ccccc3)cc2)C(=O)O)cc1. The molecule has 0 aliphatic carbocycles. The molecule has 1 atom stereocenters. The van der Waals surface area contributed by atoms with Crippen LogP contribution < -0.4 is 10.1 Å². The molecule has 35 heavy (non-hydrogen) atoms. The second-order valence-corrected chi connectivity index (χ2v) is 8.49. The van der Waals surface area contributed by atoms with E-state index < -0.39 is 17.9 Å². The van der Waals surface area contributed by atoms with Crippen LogP contribution in [0.25, 0.3) is 22.3 Å². The first-order chi connectivity index (χ1) is 16.9. The van der Waals surface area contributed by atoms with Gasteiger partial charge in [0.05, 0.1) is 7.11 Å². The number of carbonyl (C=O) groups is 2. The minimum absolute atomic E-state index is 0.175. The van der Waals surface area contributed by atoms with Crippen molar-refractivity contribution in [1.29, 1.82) is 0 Å². The molecular weight excluding hydrogens is 462 g/mol. The number of rotatable bonds is 8. The Labute approximate surface area is 209 Å². The van der Waals surface area contributed by atoms with E-state index in [0.29, 0.717) is 16.3 Å². The predicted molar refractivity (Wildman–Crippen MR) is 138 cm³/mol. The first-order valence-electron chi connectivity index (χ1n) is 11.1. The Morgan fingerprint density at radius 1 is 0.857 bits per heavy atom. The molecule has 2 N–H and O–H groups in total. The molecule has 4 rings (SSSR count). The molecule has 0 saturated heterocycles. The maximum atomic E-state index is 12.8. The van der Waals surface area contributed by atoms with Crippen LogP contribution in [0.15, 0.2) is 97.1 Å². The summed E-state index contributed by atoms with van der Waals surface area (Å²) in [6.45, 7) is 0. The molecule has 0 aliphatic rings. The number of hydrogen-bond donors (Lipinski definition) is 2. The van der Waals surface area contributed by atoms with Gasteiger partial charge in [-0.1, -0.05) is 78.3 Å². The van der Waals surface area contributed by atoms with E-state index in [2.05, 4.69) is 5.32 Å². The Bertz CT molecular complexity index is 1320. The van der Waals surface area contributed by atoms with Crippen LogP contribution in [0.1, 0.15) is 15.9 Å². The lowest BCUT2D eigenvalue weighted by atomic mass is 10.00. The number of methoxy groups -OCH3 is 1. The molecule has 0 heterocycles. The first kappa shape index (κ1) is 24.0. The Hall–Kier alpha value is -4.09. The van der Waals surface area contributed by atoms with Crippen LogP contribution in [0.4, 0.5) is 0 Å². The third-order valence-electron chi connectivity index (χ3n) is 5.72. The second kappa shape index (κ2) is 10.9. The van der Waals surface area contributed by atoms with Crippen LogP contribution in [-0.2, 0) is 11.2 Å². The molecule has 0 unspecified atom stereocenters. The summed E-state index contributed by atoms with van der Waals surface area (Å²) in [6, 6.07) is 28.7. The van der Waals surface area contributed by atoms with Gasteiger partial charge in [0.2, 0.25) is 0 Å². The number of nitrogens with one attached hydrogen (secondary N) is 1. The molecule has 0 aromatic heterocycles. The van der Waals surface area contributed by atoms with Crippen molar-refractivity contribution >= 4 is 23.5 Å². The molecule has 0 radical (unpaired) electrons. The first-order valence-corrected chi connectivity index (χ1v) is 11.4. The smallest absolute Gasteiger partial charge is 0.326 e. The maximum absolute atomic E-state index is 12.8. The van der Waals surface area contributed by atoms with Crippen LogP contribution in [0.2, 0.25) is 5.02 Å². The third-order valence-corrected chi connectivity index (χ3v) is 5.96. The zero-order valence-electron chi connectivity index (χ0n) is 19.1. The number of hydrogen-bond acceptors (Lipinski definition) is 3. The lowest BCUT2D eigenvalue weighted by molar-refractivity contribution is -0.139. The van der Waals surface area contributed by atoms with Gasteiger partial charge in [0.15, 0.2) is 0 Å². The van der Waals surface area contributed by atoms with Crippen molar-refractivity contribution in [2.75, 3.05) is 7.11 Å². The van der Waals surface area contributed by atoms with Gasteiger partial charge in [-0.15, -0.1) is 0 Å². The highest BCUT2D eigenvalue weighted by molar-refractivity contribution is 6.31. The van der Waals surface area contributed by atoms with E-state index in [1.807, 2.05) is 54.6 Å². The van der Waals surface area contributed by atoms with E-state index in [4.69, 9.17) is 16.3 Å². The van der Waals surface area contributed by atoms with Gasteiger partial charge in [0, 0.05) is 22.6 Å². The number of amides is 1. The molecule has 4 aromatic rings. The van der Waals surface area contributed by atoms with Crippen molar-refractivity contribution in [1.82, 2.24) is 5.32 Å². The molecule has 0 aliphatic heterocycles. The van der Waals surface area contributed by atoms with Gasteiger partial charge in [-0.25, -0.2) is 4.79 Å². The zero-order chi connectivity index (χ0) is 24.8. The fourth-order valence-electron chi connectivity index (χ4n) is 3.85. The van der Waals surface area contributed by atoms with Crippen LogP contribution in [0.5, 0.6) is 5.75 Å². The van der Waals surface area contributed by atoms with Crippen molar-refractivity contribution < 1.29 is 19.4 Å². The highest BCUT2D eigenvalue weighted by Crippen LogP contribution is 2.32. The van der Waals surface area contributed by atoms with Crippen molar-refractivity contribution in [3.05, 3.63) is 113 Å². The second-order valence-electron chi connectivity index (χ2n) is 8.05. The van der Waals surface area contributed by atoms with Crippen molar-refractivity contribution in [3.8, 4) is 28.0 Å². The van der Waals surface area contributed by atoms with Gasteiger partial charge in [0.25, 0.3) is 5.91 Å². The summed E-state index contributed by atoms with van der Waals surface area (Å²) in [7, 11) is 1.58.